The van der Waals surface area contributed by atoms with Crippen LogP contribution in [0.2, 0.25) is 0 Å². The number of benzene rings is 1. The second-order valence-corrected chi connectivity index (χ2v) is 2.88. The van der Waals surface area contributed by atoms with Gasteiger partial charge in [0.15, 0.2) is 0 Å². The molecule has 0 aliphatic heterocycles. The topological polar surface area (TPSA) is 49.3 Å². The molecular formula is C11H10FNO2. The zero-order valence-electron chi connectivity index (χ0n) is 8.17. The molecule has 2 N–H and O–H groups in total. The summed E-state index contributed by atoms with van der Waals surface area (Å²) in [5.41, 5.74) is 0.111. The van der Waals surface area contributed by atoms with E-state index in [2.05, 4.69) is 17.2 Å². The Morgan fingerprint density at radius 2 is 2.33 bits per heavy atom. The maximum atomic E-state index is 13.1. The Balaban J connectivity index is 2.71. The van der Waals surface area contributed by atoms with Crippen molar-refractivity contribution < 1.29 is 14.3 Å². The van der Waals surface area contributed by atoms with Gasteiger partial charge in [0.25, 0.3) is 0 Å². The van der Waals surface area contributed by atoms with Crippen LogP contribution in [0.15, 0.2) is 18.2 Å². The Morgan fingerprint density at radius 1 is 1.60 bits per heavy atom. The Hall–Kier alpha value is -2.02. The second kappa shape index (κ2) is 5.01. The van der Waals surface area contributed by atoms with Crippen molar-refractivity contribution in [3.63, 3.8) is 0 Å². The Kier molecular flexibility index (Phi) is 3.69. The van der Waals surface area contributed by atoms with E-state index in [0.717, 1.165) is 6.07 Å². The Morgan fingerprint density at radius 3 is 3.00 bits per heavy atom. The molecule has 1 aromatic rings. The molecule has 0 unspecified atom stereocenters. The van der Waals surface area contributed by atoms with Gasteiger partial charge in [-0.25, -0.2) is 4.39 Å². The van der Waals surface area contributed by atoms with Gasteiger partial charge in [-0.2, -0.15) is 0 Å². The van der Waals surface area contributed by atoms with Gasteiger partial charge in [0.1, 0.15) is 11.6 Å². The lowest BCUT2D eigenvalue weighted by molar-refractivity contribution is -0.118. The number of hydrogen-bond donors (Lipinski definition) is 2. The number of phenols is 1. The number of nitrogens with one attached hydrogen (secondary N) is 1. The third-order valence-corrected chi connectivity index (χ3v) is 1.60. The molecule has 3 nitrogen and oxygen atoms in total. The van der Waals surface area contributed by atoms with Gasteiger partial charge in [-0.3, -0.25) is 4.79 Å². The second-order valence-electron chi connectivity index (χ2n) is 2.88. The summed E-state index contributed by atoms with van der Waals surface area (Å²) >= 11 is 0. The molecule has 4 heteroatoms. The molecule has 1 aromatic carbocycles. The SMILES string of the molecule is CC(=O)NCC#Cc1cc(O)ccc1F. The summed E-state index contributed by atoms with van der Waals surface area (Å²) < 4.78 is 13.1. The predicted octanol–water partition coefficient (Wildman–Crippen LogP) is 1.02. The minimum atomic E-state index is -0.497. The molecule has 0 saturated carbocycles. The van der Waals surface area contributed by atoms with Gasteiger partial charge in [0.2, 0.25) is 5.91 Å². The minimum Gasteiger partial charge on any atom is -0.508 e. The van der Waals surface area contributed by atoms with Crippen molar-refractivity contribution in [1.29, 1.82) is 0 Å². The summed E-state index contributed by atoms with van der Waals surface area (Å²) in [5.74, 6) is 4.35. The standard InChI is InChI=1S/C11H10FNO2/c1-8(14)13-6-2-3-9-7-10(15)4-5-11(9)12/h4-5,7,15H,6H2,1H3,(H,13,14). The van der Waals surface area contributed by atoms with E-state index in [4.69, 9.17) is 5.11 Å². The van der Waals surface area contributed by atoms with Crippen LogP contribution in [-0.4, -0.2) is 17.6 Å². The predicted molar refractivity (Wildman–Crippen MR) is 53.6 cm³/mol. The molecule has 15 heavy (non-hydrogen) atoms. The van der Waals surface area contributed by atoms with E-state index in [1.807, 2.05) is 0 Å². The van der Waals surface area contributed by atoms with Crippen molar-refractivity contribution in [2.75, 3.05) is 6.54 Å². The number of phenolic OH excluding ortho intramolecular Hbond substituents is 1. The van der Waals surface area contributed by atoms with Crippen molar-refractivity contribution in [2.24, 2.45) is 0 Å². The van der Waals surface area contributed by atoms with E-state index in [0.29, 0.717) is 0 Å². The molecule has 1 rings (SSSR count). The highest BCUT2D eigenvalue weighted by atomic mass is 19.1. The molecule has 0 aromatic heterocycles. The lowest BCUT2D eigenvalue weighted by Gasteiger charge is -1.95. The number of carbonyl (C=O) groups excluding carboxylic acids is 1. The molecular weight excluding hydrogens is 197 g/mol. The summed E-state index contributed by atoms with van der Waals surface area (Å²) in [5, 5.41) is 11.5. The molecule has 0 aliphatic carbocycles. The maximum Gasteiger partial charge on any atom is 0.217 e. The highest BCUT2D eigenvalue weighted by Crippen LogP contribution is 2.13. The first-order valence-electron chi connectivity index (χ1n) is 4.31. The van der Waals surface area contributed by atoms with Gasteiger partial charge >= 0.3 is 0 Å². The van der Waals surface area contributed by atoms with Gasteiger partial charge in [-0.1, -0.05) is 11.8 Å². The summed E-state index contributed by atoms with van der Waals surface area (Å²) in [4.78, 5) is 10.5. The van der Waals surface area contributed by atoms with Gasteiger partial charge in [-0.15, -0.1) is 0 Å². The number of carbonyl (C=O) groups is 1. The molecule has 0 saturated heterocycles. The number of aromatic hydroxyl groups is 1. The zero-order chi connectivity index (χ0) is 11.3. The number of halogens is 1. The Bertz CT molecular complexity index is 432. The van der Waals surface area contributed by atoms with E-state index >= 15 is 0 Å². The van der Waals surface area contributed by atoms with Gasteiger partial charge in [0, 0.05) is 6.92 Å². The largest absolute Gasteiger partial charge is 0.508 e. The third-order valence-electron chi connectivity index (χ3n) is 1.60. The first kappa shape index (κ1) is 11.1. The van der Waals surface area contributed by atoms with Crippen LogP contribution in [-0.2, 0) is 4.79 Å². The fourth-order valence-electron chi connectivity index (χ4n) is 0.917. The third kappa shape index (κ3) is 3.69. The minimum absolute atomic E-state index is 0.0415. The number of amides is 1. The summed E-state index contributed by atoms with van der Waals surface area (Å²) in [6, 6.07) is 3.61. The first-order valence-corrected chi connectivity index (χ1v) is 4.31. The summed E-state index contributed by atoms with van der Waals surface area (Å²) in [6.07, 6.45) is 0. The van der Waals surface area contributed by atoms with E-state index in [1.165, 1.54) is 19.1 Å². The van der Waals surface area contributed by atoms with Crippen LogP contribution in [0.3, 0.4) is 0 Å². The van der Waals surface area contributed by atoms with Crippen molar-refractivity contribution in [1.82, 2.24) is 5.32 Å². The van der Waals surface area contributed by atoms with Crippen molar-refractivity contribution in [3.05, 3.63) is 29.6 Å². The maximum absolute atomic E-state index is 13.1. The normalized spacial score (nSPS) is 8.93. The smallest absolute Gasteiger partial charge is 0.217 e. The Labute approximate surface area is 86.9 Å². The van der Waals surface area contributed by atoms with Crippen LogP contribution in [0.1, 0.15) is 12.5 Å². The van der Waals surface area contributed by atoms with Crippen molar-refractivity contribution in [2.45, 2.75) is 6.92 Å². The molecule has 0 heterocycles. The summed E-state index contributed by atoms with van der Waals surface area (Å²) in [6.45, 7) is 1.53. The molecule has 0 fully saturated rings. The molecule has 0 spiro atoms. The van der Waals surface area contributed by atoms with Crippen LogP contribution < -0.4 is 5.32 Å². The average molecular weight is 207 g/mol. The summed E-state index contributed by atoms with van der Waals surface area (Å²) in [7, 11) is 0. The molecule has 0 bridgehead atoms. The van der Waals surface area contributed by atoms with E-state index in [9.17, 15) is 9.18 Å². The van der Waals surface area contributed by atoms with Crippen molar-refractivity contribution in [3.8, 4) is 17.6 Å². The van der Waals surface area contributed by atoms with E-state index < -0.39 is 5.82 Å². The highest BCUT2D eigenvalue weighted by molar-refractivity contribution is 5.73. The van der Waals surface area contributed by atoms with Gasteiger partial charge in [-0.05, 0) is 18.2 Å². The fraction of sp³-hybridized carbons (Fsp3) is 0.182. The molecule has 0 radical (unpaired) electrons. The van der Waals surface area contributed by atoms with Crippen LogP contribution >= 0.6 is 0 Å². The van der Waals surface area contributed by atoms with Crippen molar-refractivity contribution >= 4 is 5.91 Å². The van der Waals surface area contributed by atoms with Gasteiger partial charge < -0.3 is 10.4 Å². The molecule has 0 atom stereocenters. The van der Waals surface area contributed by atoms with Crippen LogP contribution in [0.25, 0.3) is 0 Å². The van der Waals surface area contributed by atoms with E-state index in [1.54, 1.807) is 0 Å². The van der Waals surface area contributed by atoms with Crippen LogP contribution in [0, 0.1) is 17.7 Å². The highest BCUT2D eigenvalue weighted by Gasteiger charge is 1.98. The lowest BCUT2D eigenvalue weighted by atomic mass is 10.2. The van der Waals surface area contributed by atoms with Crippen LogP contribution in [0.4, 0.5) is 4.39 Å². The van der Waals surface area contributed by atoms with Gasteiger partial charge in [0.05, 0.1) is 12.1 Å². The molecule has 1 amide bonds. The molecule has 0 aliphatic rings. The van der Waals surface area contributed by atoms with E-state index in [-0.39, 0.29) is 23.8 Å². The fourth-order valence-corrected chi connectivity index (χ4v) is 0.917. The first-order chi connectivity index (χ1) is 7.09. The quantitative estimate of drug-likeness (QED) is 0.675. The number of hydrogen-bond acceptors (Lipinski definition) is 2. The monoisotopic (exact) mass is 207 g/mol. The average Bonchev–Trinajstić information content (AvgIpc) is 2.17. The van der Waals surface area contributed by atoms with Crippen LogP contribution in [0.5, 0.6) is 5.75 Å². The lowest BCUT2D eigenvalue weighted by Crippen LogP contribution is -2.19. The zero-order valence-corrected chi connectivity index (χ0v) is 8.17. The molecule has 78 valence electrons. The number of rotatable bonds is 1.